The Morgan fingerprint density at radius 3 is 1.70 bits per heavy atom. The zero-order valence-corrected chi connectivity index (χ0v) is 27.7. The fraction of sp³-hybridized carbons (Fsp3) is 0.556. The highest BCUT2D eigenvalue weighted by molar-refractivity contribution is 8.06. The van der Waals surface area contributed by atoms with Gasteiger partial charge in [0, 0.05) is 25.0 Å². The molecule has 1 N–H and O–H groups in total. The minimum Gasteiger partial charge on any atom is -0.506 e. The van der Waals surface area contributed by atoms with E-state index in [1.807, 2.05) is 35.3 Å². The minimum atomic E-state index is -0.0592. The van der Waals surface area contributed by atoms with Crippen LogP contribution in [0.25, 0.3) is 6.08 Å². The van der Waals surface area contributed by atoms with Crippen LogP contribution in [0.4, 0.5) is 0 Å². The number of thioether (sulfide) groups is 1. The number of aryl methyl sites for hydroxylation is 2. The molecule has 4 heteroatoms. The maximum atomic E-state index is 13.3. The molecule has 218 valence electrons. The number of aliphatic hydroxyl groups excluding tert-OH is 1. The molecule has 0 aromatic carbocycles. The van der Waals surface area contributed by atoms with E-state index in [1.54, 1.807) is 0 Å². The van der Waals surface area contributed by atoms with Crippen LogP contribution in [0, 0.1) is 23.7 Å². The molecule has 0 amide bonds. The molecule has 0 saturated heterocycles. The van der Waals surface area contributed by atoms with Crippen LogP contribution in [-0.2, 0) is 17.6 Å². The Balaban J connectivity index is 1.88. The van der Waals surface area contributed by atoms with Crippen molar-refractivity contribution in [2.75, 3.05) is 0 Å². The first-order valence-corrected chi connectivity index (χ1v) is 17.0. The van der Waals surface area contributed by atoms with Gasteiger partial charge < -0.3 is 5.11 Å². The average molecular weight is 580 g/mol. The Morgan fingerprint density at radius 2 is 1.27 bits per heavy atom. The maximum absolute atomic E-state index is 13.3. The topological polar surface area (TPSA) is 37.3 Å². The number of carbonyl (C=O) groups is 1. The summed E-state index contributed by atoms with van der Waals surface area (Å²) >= 11 is 3.79. The van der Waals surface area contributed by atoms with Gasteiger partial charge in [-0.05, 0) is 94.6 Å². The van der Waals surface area contributed by atoms with Crippen LogP contribution in [0.2, 0.25) is 0 Å². The Kier molecular flexibility index (Phi) is 12.5. The third-order valence-electron chi connectivity index (χ3n) is 7.08. The van der Waals surface area contributed by atoms with Crippen LogP contribution in [0.5, 0.6) is 0 Å². The molecule has 1 aromatic heterocycles. The summed E-state index contributed by atoms with van der Waals surface area (Å²) in [7, 11) is 0. The van der Waals surface area contributed by atoms with Crippen LogP contribution in [0.15, 0.2) is 62.6 Å². The highest BCUT2D eigenvalue weighted by atomic mass is 32.2. The second-order valence-electron chi connectivity index (χ2n) is 13.2. The van der Waals surface area contributed by atoms with Crippen molar-refractivity contribution >= 4 is 35.0 Å². The lowest BCUT2D eigenvalue weighted by atomic mass is 9.85. The van der Waals surface area contributed by atoms with Crippen molar-refractivity contribution in [2.24, 2.45) is 23.7 Å². The van der Waals surface area contributed by atoms with Gasteiger partial charge in [0.2, 0.25) is 26.9 Å². The molecule has 1 aliphatic heterocycles. The number of Topliss-reactive ketones (excluding diaryl/α,β-unsaturated/α-hetero) is 1. The summed E-state index contributed by atoms with van der Waals surface area (Å²) < 4.78 is 0. The number of aliphatic hydroxyl groups is 1. The summed E-state index contributed by atoms with van der Waals surface area (Å²) in [5.41, 5.74) is 2.92. The van der Waals surface area contributed by atoms with Crippen molar-refractivity contribution in [1.29, 1.82) is 0 Å². The van der Waals surface area contributed by atoms with Gasteiger partial charge in [-0.15, -0.1) is 0 Å². The lowest BCUT2D eigenvalue weighted by Gasteiger charge is -2.22. The molecular weight excluding hydrogens is 529 g/mol. The molecule has 0 atom stereocenters. The summed E-state index contributed by atoms with van der Waals surface area (Å²) in [5, 5.41) is 11.0. The number of rotatable bonds is 14. The van der Waals surface area contributed by atoms with E-state index in [4.69, 9.17) is 0 Å². The Hall–Kier alpha value is -1.91. The highest BCUT2D eigenvalue weighted by Crippen LogP contribution is 2.41. The molecule has 40 heavy (non-hydrogen) atoms. The molecule has 1 aliphatic carbocycles. The largest absolute Gasteiger partial charge is 0.506 e. The maximum Gasteiger partial charge on any atom is 0.218 e. The van der Waals surface area contributed by atoms with Crippen LogP contribution < -0.4 is 0 Å². The van der Waals surface area contributed by atoms with Crippen molar-refractivity contribution < 1.29 is 9.90 Å². The first-order chi connectivity index (χ1) is 18.9. The average Bonchev–Trinajstić information content (AvgIpc) is 2.84. The van der Waals surface area contributed by atoms with E-state index in [2.05, 4.69) is 79.7 Å². The molecule has 0 radical (unpaired) electrons. The van der Waals surface area contributed by atoms with Gasteiger partial charge in [0.15, 0.2) is 0 Å². The molecule has 1 aromatic rings. The monoisotopic (exact) mass is 579 g/mol. The number of hydrogen-bond acceptors (Lipinski definition) is 3. The fourth-order valence-electron chi connectivity index (χ4n) is 5.11. The first kappa shape index (κ1) is 32.6. The number of hydrogen-bond donors (Lipinski definition) is 1. The minimum absolute atomic E-state index is 0.0592. The van der Waals surface area contributed by atoms with Gasteiger partial charge in [-0.2, -0.15) is 0 Å². The van der Waals surface area contributed by atoms with Crippen LogP contribution >= 0.6 is 23.1 Å². The lowest BCUT2D eigenvalue weighted by molar-refractivity contribution is -0.113. The summed E-state index contributed by atoms with van der Waals surface area (Å²) in [6.45, 7) is 18.1. The molecule has 3 rings (SSSR count). The normalized spacial score (nSPS) is 16.9. The fourth-order valence-corrected chi connectivity index (χ4v) is 7.89. The third-order valence-corrected chi connectivity index (χ3v) is 9.35. The molecule has 0 fully saturated rings. The van der Waals surface area contributed by atoms with Gasteiger partial charge in [0.05, 0.1) is 11.1 Å². The molecule has 0 spiro atoms. The number of carbonyl (C=O) groups excluding carboxylic acids is 1. The quantitative estimate of drug-likeness (QED) is 0.176. The Morgan fingerprint density at radius 1 is 0.775 bits per heavy atom. The molecule has 0 bridgehead atoms. The van der Waals surface area contributed by atoms with E-state index in [0.29, 0.717) is 34.8 Å². The van der Waals surface area contributed by atoms with Crippen LogP contribution in [0.3, 0.4) is 0 Å². The number of allylic oxidation sites excluding steroid dienone is 8. The highest BCUT2D eigenvalue weighted by Gasteiger charge is 2.32. The second-order valence-corrected chi connectivity index (χ2v) is 15.7. The van der Waals surface area contributed by atoms with Crippen LogP contribution in [0.1, 0.15) is 109 Å². The van der Waals surface area contributed by atoms with E-state index in [-0.39, 0.29) is 11.5 Å². The predicted octanol–water partition coefficient (Wildman–Crippen LogP) is 11.3. The first-order valence-electron chi connectivity index (χ1n) is 15.4. The van der Waals surface area contributed by atoms with Gasteiger partial charge in [-0.3, -0.25) is 4.79 Å². The van der Waals surface area contributed by atoms with E-state index >= 15 is 0 Å². The van der Waals surface area contributed by atoms with Gasteiger partial charge in [0.1, 0.15) is 5.76 Å². The lowest BCUT2D eigenvalue weighted by Crippen LogP contribution is -2.21. The summed E-state index contributed by atoms with van der Waals surface area (Å²) in [4.78, 5) is 18.7. The van der Waals surface area contributed by atoms with Gasteiger partial charge in [-0.1, -0.05) is 80.0 Å². The van der Waals surface area contributed by atoms with Gasteiger partial charge in [0.25, 0.3) is 0 Å². The molecule has 2 nitrogen and oxygen atoms in total. The SMILES string of the molecule is CC(C)CCCc1cc(C=C2C(=O)C(C=C3C=C(CC(C)C)SC(CC(C)C)=C3)=C2O)cc(CCCC(C)C)[s+]1. The Labute approximate surface area is 252 Å². The van der Waals surface area contributed by atoms with Crippen molar-refractivity contribution in [1.82, 2.24) is 0 Å². The zero-order chi connectivity index (χ0) is 29.4. The molecule has 0 unspecified atom stereocenters. The van der Waals surface area contributed by atoms with Crippen LogP contribution in [-0.4, -0.2) is 10.9 Å². The van der Waals surface area contributed by atoms with E-state index in [1.165, 1.54) is 45.2 Å². The standard InChI is InChI=1S/C36H50O2S2/c1-23(2)11-9-13-29-17-27(18-30(39-29)14-10-12-24(3)4)21-33-35(37)34(36(33)38)22-28-19-31(15-25(5)6)40-32(20-28)16-26(7)8/h17-26H,9-16H2,1-8H3/p+1. The summed E-state index contributed by atoms with van der Waals surface area (Å²) in [5.74, 6) is 2.63. The molecular formula is C36H51O2S2+. The molecule has 0 saturated carbocycles. The van der Waals surface area contributed by atoms with E-state index < -0.39 is 0 Å². The van der Waals surface area contributed by atoms with E-state index in [0.717, 1.165) is 36.8 Å². The Bertz CT molecular complexity index is 1140. The smallest absolute Gasteiger partial charge is 0.218 e. The van der Waals surface area contributed by atoms with E-state index in [9.17, 15) is 9.90 Å². The van der Waals surface area contributed by atoms with Gasteiger partial charge >= 0.3 is 0 Å². The van der Waals surface area contributed by atoms with Crippen molar-refractivity contribution in [3.8, 4) is 0 Å². The van der Waals surface area contributed by atoms with Crippen molar-refractivity contribution in [3.63, 3.8) is 0 Å². The summed E-state index contributed by atoms with van der Waals surface area (Å²) in [6.07, 6.45) is 17.2. The summed E-state index contributed by atoms with van der Waals surface area (Å²) in [6, 6.07) is 4.45. The zero-order valence-electron chi connectivity index (χ0n) is 26.1. The van der Waals surface area contributed by atoms with Crippen molar-refractivity contribution in [3.05, 3.63) is 78.0 Å². The molecule has 2 aliphatic rings. The third kappa shape index (κ3) is 10.2. The van der Waals surface area contributed by atoms with Gasteiger partial charge in [-0.25, -0.2) is 0 Å². The predicted molar refractivity (Wildman–Crippen MR) is 178 cm³/mol. The number of ketones is 1. The second kappa shape index (κ2) is 15.4. The molecule has 2 heterocycles. The van der Waals surface area contributed by atoms with Crippen molar-refractivity contribution in [2.45, 2.75) is 107 Å².